The summed E-state index contributed by atoms with van der Waals surface area (Å²) in [6.45, 7) is 2.17. The molecule has 0 aliphatic carbocycles. The minimum absolute atomic E-state index is 0.336. The van der Waals surface area contributed by atoms with Gasteiger partial charge in [-0.2, -0.15) is 0 Å². The van der Waals surface area contributed by atoms with Crippen molar-refractivity contribution in [3.8, 4) is 0 Å². The van der Waals surface area contributed by atoms with Crippen LogP contribution in [0.3, 0.4) is 0 Å². The summed E-state index contributed by atoms with van der Waals surface area (Å²) in [4.78, 5) is 10.4. The molecule has 0 saturated heterocycles. The molecular weight excluding hydrogens is 320 g/mol. The first-order chi connectivity index (χ1) is 12.8. The highest BCUT2D eigenvalue weighted by atomic mass is 16.4. The molecule has 1 N–H and O–H groups in total. The summed E-state index contributed by atoms with van der Waals surface area (Å²) in [7, 11) is 0. The predicted octanol–water partition coefficient (Wildman–Crippen LogP) is 8.00. The lowest BCUT2D eigenvalue weighted by atomic mass is 10.0. The van der Waals surface area contributed by atoms with Gasteiger partial charge < -0.3 is 5.11 Å². The SMILES string of the molecule is CC/C=C/C/C=C/C/C=C/CCCCCCCCCCCCCC(=O)O. The van der Waals surface area contributed by atoms with E-state index in [1.54, 1.807) is 0 Å². The summed E-state index contributed by atoms with van der Waals surface area (Å²) in [5.74, 6) is -0.659. The van der Waals surface area contributed by atoms with Crippen molar-refractivity contribution in [2.24, 2.45) is 0 Å². The number of hydrogen-bond acceptors (Lipinski definition) is 1. The van der Waals surface area contributed by atoms with Crippen LogP contribution in [0.1, 0.15) is 110 Å². The van der Waals surface area contributed by atoms with E-state index in [1.165, 1.54) is 64.2 Å². The monoisotopic (exact) mass is 362 g/mol. The summed E-state index contributed by atoms with van der Waals surface area (Å²) < 4.78 is 0. The molecule has 2 nitrogen and oxygen atoms in total. The van der Waals surface area contributed by atoms with Gasteiger partial charge in [-0.15, -0.1) is 0 Å². The number of allylic oxidation sites excluding steroid dienone is 6. The Kier molecular flexibility index (Phi) is 20.6. The van der Waals surface area contributed by atoms with Crippen molar-refractivity contribution >= 4 is 5.97 Å². The highest BCUT2D eigenvalue weighted by Gasteiger charge is 1.96. The van der Waals surface area contributed by atoms with Gasteiger partial charge in [0.15, 0.2) is 0 Å². The third-order valence-electron chi connectivity index (χ3n) is 4.54. The molecule has 0 aromatic rings. The van der Waals surface area contributed by atoms with Gasteiger partial charge in [0.2, 0.25) is 0 Å². The smallest absolute Gasteiger partial charge is 0.303 e. The van der Waals surface area contributed by atoms with Crippen molar-refractivity contribution < 1.29 is 9.90 Å². The zero-order valence-corrected chi connectivity index (χ0v) is 17.1. The van der Waals surface area contributed by atoms with Crippen molar-refractivity contribution in [3.63, 3.8) is 0 Å². The fourth-order valence-electron chi connectivity index (χ4n) is 2.96. The first-order valence-corrected chi connectivity index (χ1v) is 10.9. The van der Waals surface area contributed by atoms with E-state index in [4.69, 9.17) is 5.11 Å². The molecule has 0 aliphatic rings. The Hall–Kier alpha value is -1.31. The number of hydrogen-bond donors (Lipinski definition) is 1. The van der Waals surface area contributed by atoms with E-state index in [0.717, 1.165) is 32.1 Å². The quantitative estimate of drug-likeness (QED) is 0.187. The van der Waals surface area contributed by atoms with E-state index in [2.05, 4.69) is 43.4 Å². The molecule has 0 bridgehead atoms. The van der Waals surface area contributed by atoms with Gasteiger partial charge in [0.1, 0.15) is 0 Å². The zero-order valence-electron chi connectivity index (χ0n) is 17.1. The van der Waals surface area contributed by atoms with E-state index < -0.39 is 5.97 Å². The largest absolute Gasteiger partial charge is 0.481 e. The van der Waals surface area contributed by atoms with Gasteiger partial charge in [0.05, 0.1) is 0 Å². The lowest BCUT2D eigenvalue weighted by molar-refractivity contribution is -0.137. The van der Waals surface area contributed by atoms with Gasteiger partial charge in [-0.25, -0.2) is 0 Å². The third kappa shape index (κ3) is 22.7. The Morgan fingerprint density at radius 1 is 0.615 bits per heavy atom. The first kappa shape index (κ1) is 24.7. The Labute approximate surface area is 162 Å². The molecular formula is C24H42O2. The second-order valence-electron chi connectivity index (χ2n) is 7.12. The third-order valence-corrected chi connectivity index (χ3v) is 4.54. The molecule has 0 aromatic carbocycles. The van der Waals surface area contributed by atoms with Crippen LogP contribution >= 0.6 is 0 Å². The van der Waals surface area contributed by atoms with Gasteiger partial charge in [-0.1, -0.05) is 101 Å². The fraction of sp³-hybridized carbons (Fsp3) is 0.708. The number of rotatable bonds is 19. The highest BCUT2D eigenvalue weighted by Crippen LogP contribution is 2.12. The van der Waals surface area contributed by atoms with Crippen LogP contribution in [0, 0.1) is 0 Å². The van der Waals surface area contributed by atoms with Crippen LogP contribution in [0.2, 0.25) is 0 Å². The molecule has 0 atom stereocenters. The van der Waals surface area contributed by atoms with Crippen molar-refractivity contribution in [1.29, 1.82) is 0 Å². The predicted molar refractivity (Wildman–Crippen MR) is 115 cm³/mol. The number of carboxylic acids is 1. The lowest BCUT2D eigenvalue weighted by Gasteiger charge is -2.02. The molecule has 0 rings (SSSR count). The molecule has 0 amide bonds. The molecule has 0 unspecified atom stereocenters. The van der Waals surface area contributed by atoms with Crippen molar-refractivity contribution in [2.75, 3.05) is 0 Å². The maximum Gasteiger partial charge on any atom is 0.303 e. The normalized spacial score (nSPS) is 12.0. The van der Waals surface area contributed by atoms with Crippen molar-refractivity contribution in [3.05, 3.63) is 36.5 Å². The van der Waals surface area contributed by atoms with E-state index in [0.29, 0.717) is 6.42 Å². The summed E-state index contributed by atoms with van der Waals surface area (Å²) >= 11 is 0. The summed E-state index contributed by atoms with van der Waals surface area (Å²) in [5.41, 5.74) is 0. The average Bonchev–Trinajstić information content (AvgIpc) is 2.62. The summed E-state index contributed by atoms with van der Waals surface area (Å²) in [6, 6.07) is 0. The van der Waals surface area contributed by atoms with Crippen LogP contribution in [-0.2, 0) is 4.79 Å². The number of aliphatic carboxylic acids is 1. The zero-order chi connectivity index (χ0) is 19.1. The van der Waals surface area contributed by atoms with Gasteiger partial charge >= 0.3 is 5.97 Å². The van der Waals surface area contributed by atoms with Gasteiger partial charge in [-0.05, 0) is 38.5 Å². The van der Waals surface area contributed by atoms with Crippen LogP contribution in [0.15, 0.2) is 36.5 Å². The van der Waals surface area contributed by atoms with Crippen LogP contribution in [0.5, 0.6) is 0 Å². The maximum atomic E-state index is 10.4. The summed E-state index contributed by atoms with van der Waals surface area (Å²) in [6.07, 6.45) is 32.2. The topological polar surface area (TPSA) is 37.3 Å². The molecule has 0 saturated carbocycles. The van der Waals surface area contributed by atoms with Gasteiger partial charge in [0, 0.05) is 6.42 Å². The highest BCUT2D eigenvalue weighted by molar-refractivity contribution is 5.66. The van der Waals surface area contributed by atoms with Crippen molar-refractivity contribution in [2.45, 2.75) is 110 Å². The van der Waals surface area contributed by atoms with Crippen molar-refractivity contribution in [1.82, 2.24) is 0 Å². The molecule has 0 heterocycles. The number of carboxylic acid groups (broad SMARTS) is 1. The minimum Gasteiger partial charge on any atom is -0.481 e. The molecule has 26 heavy (non-hydrogen) atoms. The molecule has 0 aliphatic heterocycles. The Balaban J connectivity index is 3.16. The maximum absolute atomic E-state index is 10.4. The molecule has 2 heteroatoms. The Morgan fingerprint density at radius 3 is 1.54 bits per heavy atom. The van der Waals surface area contributed by atoms with Gasteiger partial charge in [0.25, 0.3) is 0 Å². The van der Waals surface area contributed by atoms with Crippen LogP contribution in [0.25, 0.3) is 0 Å². The second kappa shape index (κ2) is 21.7. The Bertz CT molecular complexity index is 380. The number of unbranched alkanes of at least 4 members (excludes halogenated alkanes) is 11. The molecule has 150 valence electrons. The molecule has 0 fully saturated rings. The molecule has 0 radical (unpaired) electrons. The first-order valence-electron chi connectivity index (χ1n) is 10.9. The average molecular weight is 363 g/mol. The Morgan fingerprint density at radius 2 is 1.04 bits per heavy atom. The minimum atomic E-state index is -0.659. The lowest BCUT2D eigenvalue weighted by Crippen LogP contribution is -1.93. The van der Waals surface area contributed by atoms with Gasteiger partial charge in [-0.3, -0.25) is 4.79 Å². The number of carbonyl (C=O) groups is 1. The second-order valence-corrected chi connectivity index (χ2v) is 7.12. The van der Waals surface area contributed by atoms with Crippen LogP contribution in [0.4, 0.5) is 0 Å². The molecule has 0 aromatic heterocycles. The van der Waals surface area contributed by atoms with E-state index in [9.17, 15) is 4.79 Å². The fourth-order valence-corrected chi connectivity index (χ4v) is 2.96. The van der Waals surface area contributed by atoms with E-state index >= 15 is 0 Å². The summed E-state index contributed by atoms with van der Waals surface area (Å²) in [5, 5.41) is 8.56. The molecule has 0 spiro atoms. The van der Waals surface area contributed by atoms with Crippen LogP contribution < -0.4 is 0 Å². The van der Waals surface area contributed by atoms with E-state index in [-0.39, 0.29) is 0 Å². The standard InChI is InChI=1S/C24H42O2/c1-2-3-4-5-6-7-8-9-10-11-12-13-14-15-16-17-18-19-20-21-22-23-24(25)26/h3-4,6-7,9-10H,2,5,8,11-23H2,1H3,(H,25,26)/b4-3+,7-6+,10-9+. The van der Waals surface area contributed by atoms with E-state index in [1.807, 2.05) is 0 Å². The van der Waals surface area contributed by atoms with Crippen LogP contribution in [-0.4, -0.2) is 11.1 Å².